The molecule has 6 nitrogen and oxygen atoms in total. The first-order valence-electron chi connectivity index (χ1n) is 13.2. The number of carbonyl (C=O) groups excluding carboxylic acids is 1. The van der Waals surface area contributed by atoms with Gasteiger partial charge in [0, 0.05) is 31.5 Å². The van der Waals surface area contributed by atoms with Gasteiger partial charge in [0.05, 0.1) is 30.0 Å². The van der Waals surface area contributed by atoms with Gasteiger partial charge in [-0.05, 0) is 55.3 Å². The number of hydrogen-bond donors (Lipinski definition) is 0. The predicted molar refractivity (Wildman–Crippen MR) is 148 cm³/mol. The molecule has 214 valence electrons. The summed E-state index contributed by atoms with van der Waals surface area (Å²) in [5.74, 6) is -1.23. The lowest BCUT2D eigenvalue weighted by Gasteiger charge is -2.19. The molecule has 9 heteroatoms. The van der Waals surface area contributed by atoms with Gasteiger partial charge in [0.25, 0.3) is 0 Å². The molecular formula is C30H39F3N2O4. The van der Waals surface area contributed by atoms with Crippen LogP contribution in [0.5, 0.6) is 0 Å². The molecule has 1 aromatic heterocycles. The molecule has 0 atom stereocenters. The summed E-state index contributed by atoms with van der Waals surface area (Å²) in [6.45, 7) is 12.4. The monoisotopic (exact) mass is 548 g/mol. The predicted octanol–water partition coefficient (Wildman–Crippen LogP) is 5.39. The third kappa shape index (κ3) is 10.8. The Morgan fingerprint density at radius 1 is 1.03 bits per heavy atom. The number of ether oxygens (including phenoxy) is 3. The van der Waals surface area contributed by atoms with E-state index >= 15 is 0 Å². The van der Waals surface area contributed by atoms with Gasteiger partial charge < -0.3 is 19.1 Å². The summed E-state index contributed by atoms with van der Waals surface area (Å²) in [6.07, 6.45) is 2.70. The van der Waals surface area contributed by atoms with Crippen molar-refractivity contribution in [3.8, 4) is 11.3 Å². The second kappa shape index (κ2) is 16.1. The highest BCUT2D eigenvalue weighted by molar-refractivity contribution is 5.96. The van der Waals surface area contributed by atoms with Gasteiger partial charge >= 0.3 is 12.1 Å². The van der Waals surface area contributed by atoms with E-state index in [-0.39, 0.29) is 11.8 Å². The molecule has 0 saturated heterocycles. The van der Waals surface area contributed by atoms with Crippen LogP contribution in [0, 0.1) is 0 Å². The van der Waals surface area contributed by atoms with Crippen molar-refractivity contribution in [3.63, 3.8) is 0 Å². The first-order chi connectivity index (χ1) is 18.6. The van der Waals surface area contributed by atoms with Crippen molar-refractivity contribution in [1.82, 2.24) is 4.98 Å². The van der Waals surface area contributed by atoms with Crippen molar-refractivity contribution in [2.45, 2.75) is 58.7 Å². The molecule has 0 radical (unpaired) electrons. The number of alkyl halides is 3. The normalized spacial score (nSPS) is 12.7. The van der Waals surface area contributed by atoms with Gasteiger partial charge in [-0.2, -0.15) is 13.2 Å². The number of nitrogens with zero attached hydrogens (tertiary/aromatic N) is 2. The van der Waals surface area contributed by atoms with Crippen LogP contribution >= 0.6 is 0 Å². The van der Waals surface area contributed by atoms with E-state index in [0.29, 0.717) is 53.7 Å². The van der Waals surface area contributed by atoms with Crippen molar-refractivity contribution < 1.29 is 32.2 Å². The third-order valence-corrected chi connectivity index (χ3v) is 5.85. The van der Waals surface area contributed by atoms with Crippen LogP contribution in [0.2, 0.25) is 0 Å². The highest BCUT2D eigenvalue weighted by Crippen LogP contribution is 2.24. The Labute approximate surface area is 228 Å². The quantitative estimate of drug-likeness (QED) is 0.221. The molecule has 39 heavy (non-hydrogen) atoms. The first kappa shape index (κ1) is 32.0. The second-order valence-corrected chi connectivity index (χ2v) is 9.18. The number of pyridine rings is 1. The van der Waals surface area contributed by atoms with Crippen LogP contribution in [-0.4, -0.2) is 56.6 Å². The maximum absolute atomic E-state index is 12.7. The molecule has 2 rings (SSSR count). The topological polar surface area (TPSA) is 60.9 Å². The Kier molecular flexibility index (Phi) is 13.2. The maximum Gasteiger partial charge on any atom is 0.471 e. The summed E-state index contributed by atoms with van der Waals surface area (Å²) in [6, 6.07) is 9.78. The minimum Gasteiger partial charge on any atom is -0.490 e. The van der Waals surface area contributed by atoms with Gasteiger partial charge in [-0.25, -0.2) is 4.98 Å². The van der Waals surface area contributed by atoms with Gasteiger partial charge in [0.1, 0.15) is 6.10 Å². The molecule has 0 spiro atoms. The van der Waals surface area contributed by atoms with Crippen molar-refractivity contribution >= 4 is 24.2 Å². The Bertz CT molecular complexity index is 1170. The van der Waals surface area contributed by atoms with Crippen LogP contribution in [0.15, 0.2) is 48.2 Å². The zero-order valence-corrected chi connectivity index (χ0v) is 23.2. The first-order valence-corrected chi connectivity index (χ1v) is 13.2. The fourth-order valence-corrected chi connectivity index (χ4v) is 3.54. The lowest BCUT2D eigenvalue weighted by atomic mass is 10.1. The van der Waals surface area contributed by atoms with Crippen LogP contribution in [0.3, 0.4) is 0 Å². The molecule has 1 amide bonds. The lowest BCUT2D eigenvalue weighted by molar-refractivity contribution is -0.170. The summed E-state index contributed by atoms with van der Waals surface area (Å²) in [5.41, 5.74) is 1.43. The molecule has 0 unspecified atom stereocenters. The van der Waals surface area contributed by atoms with Crippen LogP contribution in [0.1, 0.15) is 46.5 Å². The van der Waals surface area contributed by atoms with Crippen LogP contribution in [0.25, 0.3) is 23.9 Å². The molecule has 0 saturated carbocycles. The number of anilines is 1. The molecule has 1 heterocycles. The standard InChI is InChI=1S/C30H39F3N2O4/c1-6-8-18-37-20-27(21-38-19-9-7-2)39-22(3)10-11-24-14-17-28(34-23(24)4)25-12-15-26(16-13-25)35(5)29(36)30(31,32)33/h10-17,27H,4,6-9,18-21H2,1-3,5H3/b22-10+,24-11-. The molecule has 0 aliphatic carbocycles. The van der Waals surface area contributed by atoms with Gasteiger partial charge in [-0.3, -0.25) is 4.79 Å². The highest BCUT2D eigenvalue weighted by Gasteiger charge is 2.41. The lowest BCUT2D eigenvalue weighted by Crippen LogP contribution is -2.38. The number of amides is 1. The highest BCUT2D eigenvalue weighted by atomic mass is 19.4. The van der Waals surface area contributed by atoms with Gasteiger partial charge in [0.15, 0.2) is 0 Å². The van der Waals surface area contributed by atoms with Crippen LogP contribution in [0.4, 0.5) is 18.9 Å². The van der Waals surface area contributed by atoms with E-state index in [4.69, 9.17) is 14.2 Å². The summed E-state index contributed by atoms with van der Waals surface area (Å²) in [7, 11) is 1.09. The number of carbonyl (C=O) groups is 1. The largest absolute Gasteiger partial charge is 0.490 e. The summed E-state index contributed by atoms with van der Waals surface area (Å²) < 4.78 is 55.7. The number of unbranched alkanes of at least 4 members (excludes halogenated alkanes) is 2. The summed E-state index contributed by atoms with van der Waals surface area (Å²) >= 11 is 0. The van der Waals surface area contributed by atoms with Gasteiger partial charge in [0.2, 0.25) is 0 Å². The fraction of sp³-hybridized carbons (Fsp3) is 0.467. The molecule has 0 bridgehead atoms. The molecule has 2 aromatic rings. The number of halogens is 3. The minimum atomic E-state index is -4.94. The average molecular weight is 549 g/mol. The van der Waals surface area contributed by atoms with E-state index < -0.39 is 12.1 Å². The Hall–Kier alpha value is -3.17. The zero-order valence-electron chi connectivity index (χ0n) is 23.2. The number of benzene rings is 1. The van der Waals surface area contributed by atoms with E-state index in [2.05, 4.69) is 25.4 Å². The minimum absolute atomic E-state index is 0.131. The molecule has 0 N–H and O–H groups in total. The maximum atomic E-state index is 12.7. The van der Waals surface area contributed by atoms with Gasteiger partial charge in [-0.15, -0.1) is 0 Å². The van der Waals surface area contributed by atoms with Crippen molar-refractivity contribution in [2.24, 2.45) is 0 Å². The van der Waals surface area contributed by atoms with Gasteiger partial charge in [-0.1, -0.05) is 51.5 Å². The van der Waals surface area contributed by atoms with Crippen LogP contribution in [-0.2, 0) is 19.0 Å². The SMILES string of the molecule is C=c1nc(-c2ccc(N(C)C(=O)C(F)(F)F)cc2)cc/c1=C/C=C(\C)OC(COCCCC)COCCCC. The zero-order chi connectivity index (χ0) is 28.8. The van der Waals surface area contributed by atoms with E-state index in [0.717, 1.165) is 37.9 Å². The molecular weight excluding hydrogens is 509 g/mol. The average Bonchev–Trinajstić information content (AvgIpc) is 2.91. The Morgan fingerprint density at radius 3 is 2.13 bits per heavy atom. The number of aromatic nitrogens is 1. The van der Waals surface area contributed by atoms with E-state index in [1.165, 1.54) is 12.1 Å². The smallest absolute Gasteiger partial charge is 0.471 e. The molecule has 1 aromatic carbocycles. The third-order valence-electron chi connectivity index (χ3n) is 5.85. The van der Waals surface area contributed by atoms with Crippen LogP contribution < -0.4 is 15.5 Å². The molecule has 0 aliphatic heterocycles. The number of allylic oxidation sites excluding steroid dienone is 2. The van der Waals surface area contributed by atoms with Crippen molar-refractivity contribution in [2.75, 3.05) is 38.4 Å². The number of hydrogen-bond acceptors (Lipinski definition) is 5. The van der Waals surface area contributed by atoms with E-state index in [1.807, 2.05) is 25.1 Å². The number of rotatable bonds is 15. The summed E-state index contributed by atoms with van der Waals surface area (Å²) in [5, 5.41) is 1.33. The van der Waals surface area contributed by atoms with E-state index in [9.17, 15) is 18.0 Å². The molecule has 0 fully saturated rings. The Morgan fingerprint density at radius 2 is 1.62 bits per heavy atom. The van der Waals surface area contributed by atoms with Crippen molar-refractivity contribution in [3.05, 3.63) is 58.8 Å². The summed E-state index contributed by atoms with van der Waals surface area (Å²) in [4.78, 5) is 16.6. The van der Waals surface area contributed by atoms with E-state index in [1.54, 1.807) is 18.2 Å². The Balaban J connectivity index is 2.10. The van der Waals surface area contributed by atoms with Crippen molar-refractivity contribution in [1.29, 1.82) is 0 Å². The fourth-order valence-electron chi connectivity index (χ4n) is 3.54. The molecule has 0 aliphatic rings. The second-order valence-electron chi connectivity index (χ2n) is 9.18.